The zero-order valence-electron chi connectivity index (χ0n) is 17.8. The highest BCUT2D eigenvalue weighted by Crippen LogP contribution is 2.30. The van der Waals surface area contributed by atoms with Crippen LogP contribution < -0.4 is 10.2 Å². The Hall–Kier alpha value is -2.89. The molecule has 0 saturated heterocycles. The molecule has 0 atom stereocenters. The summed E-state index contributed by atoms with van der Waals surface area (Å²) < 4.78 is 27.3. The molecule has 0 aliphatic carbocycles. The number of carbonyl (C=O) groups is 1. The van der Waals surface area contributed by atoms with E-state index < -0.39 is 10.0 Å². The summed E-state index contributed by atoms with van der Waals surface area (Å²) in [5.41, 5.74) is 2.03. The number of hydrogen-bond donors (Lipinski definition) is 1. The smallest absolute Gasteiger partial charge is 0.255 e. The number of carbonyl (C=O) groups excluding carboxylic acids is 1. The molecule has 0 saturated carbocycles. The van der Waals surface area contributed by atoms with E-state index >= 15 is 0 Å². The van der Waals surface area contributed by atoms with Gasteiger partial charge in [0.05, 0.1) is 27.9 Å². The molecule has 0 aromatic heterocycles. The maximum absolute atomic E-state index is 13.0. The van der Waals surface area contributed by atoms with E-state index in [-0.39, 0.29) is 10.8 Å². The second kappa shape index (κ2) is 10.2. The Morgan fingerprint density at radius 1 is 0.967 bits per heavy atom. The topological polar surface area (TPSA) is 93.5 Å². The third-order valence-corrected chi connectivity index (χ3v) is 6.99. The van der Waals surface area contributed by atoms with Gasteiger partial charge in [0, 0.05) is 31.7 Å². The van der Waals surface area contributed by atoms with E-state index in [2.05, 4.69) is 5.32 Å². The molecular weight excluding hydrogens is 400 g/mol. The lowest BCUT2D eigenvalue weighted by molar-refractivity contribution is 0.102. The molecule has 0 bridgehead atoms. The largest absolute Gasteiger partial charge is 0.370 e. The van der Waals surface area contributed by atoms with Gasteiger partial charge in [0.2, 0.25) is 10.0 Å². The first-order valence-corrected chi connectivity index (χ1v) is 11.5. The summed E-state index contributed by atoms with van der Waals surface area (Å²) in [6.45, 7) is 9.72. The molecule has 30 heavy (non-hydrogen) atoms. The highest BCUT2D eigenvalue weighted by molar-refractivity contribution is 7.89. The quantitative estimate of drug-likeness (QED) is 0.657. The molecule has 0 unspecified atom stereocenters. The first-order valence-electron chi connectivity index (χ1n) is 10.0. The van der Waals surface area contributed by atoms with Gasteiger partial charge in [-0.1, -0.05) is 13.8 Å². The number of rotatable bonds is 9. The third-order valence-electron chi connectivity index (χ3n) is 4.94. The highest BCUT2D eigenvalue weighted by Gasteiger charge is 2.24. The van der Waals surface area contributed by atoms with Gasteiger partial charge in [-0.05, 0) is 56.3 Å². The third kappa shape index (κ3) is 4.99. The van der Waals surface area contributed by atoms with Crippen LogP contribution in [0.3, 0.4) is 0 Å². The van der Waals surface area contributed by atoms with Crippen molar-refractivity contribution in [1.29, 1.82) is 5.26 Å². The lowest BCUT2D eigenvalue weighted by Gasteiger charge is -2.26. The van der Waals surface area contributed by atoms with Gasteiger partial charge in [0.1, 0.15) is 0 Å². The second-order valence-corrected chi connectivity index (χ2v) is 8.52. The number of sulfonamides is 1. The van der Waals surface area contributed by atoms with Crippen LogP contribution in [0.1, 0.15) is 43.6 Å². The van der Waals surface area contributed by atoms with Crippen LogP contribution in [0, 0.1) is 11.3 Å². The molecule has 2 aromatic rings. The average molecular weight is 429 g/mol. The van der Waals surface area contributed by atoms with Crippen molar-refractivity contribution in [2.75, 3.05) is 36.4 Å². The van der Waals surface area contributed by atoms with E-state index in [1.165, 1.54) is 10.4 Å². The van der Waals surface area contributed by atoms with Gasteiger partial charge in [-0.3, -0.25) is 4.79 Å². The average Bonchev–Trinajstić information content (AvgIpc) is 2.76. The zero-order valence-corrected chi connectivity index (χ0v) is 18.7. The fourth-order valence-corrected chi connectivity index (χ4v) is 4.70. The standard InChI is InChI=1S/C22H28N4O3S/c1-5-25(6-2)21-14-13-19(30(28,29)26(7-3)8-4)15-20(21)24-22(27)18-11-9-17(16-23)10-12-18/h9-15H,5-8H2,1-4H3,(H,24,27). The minimum absolute atomic E-state index is 0.136. The molecule has 2 aromatic carbocycles. The number of nitrogens with one attached hydrogen (secondary N) is 1. The molecule has 2 rings (SSSR count). The van der Waals surface area contributed by atoms with Gasteiger partial charge in [-0.25, -0.2) is 8.42 Å². The Balaban J connectivity index is 2.50. The summed E-state index contributed by atoms with van der Waals surface area (Å²) in [5.74, 6) is -0.370. The van der Waals surface area contributed by atoms with Gasteiger partial charge in [-0.15, -0.1) is 0 Å². The molecule has 1 N–H and O–H groups in total. The number of hydrogen-bond acceptors (Lipinski definition) is 5. The SMILES string of the molecule is CCN(CC)c1ccc(S(=O)(=O)N(CC)CC)cc1NC(=O)c1ccc(C#N)cc1. The van der Waals surface area contributed by atoms with E-state index in [1.54, 1.807) is 50.2 Å². The van der Waals surface area contributed by atoms with E-state index in [1.807, 2.05) is 24.8 Å². The van der Waals surface area contributed by atoms with Crippen LogP contribution in [0.4, 0.5) is 11.4 Å². The van der Waals surface area contributed by atoms with Crippen molar-refractivity contribution in [3.63, 3.8) is 0 Å². The summed E-state index contributed by atoms with van der Waals surface area (Å²) in [4.78, 5) is 15.0. The Labute approximate surface area is 179 Å². The van der Waals surface area contributed by atoms with Crippen molar-refractivity contribution in [1.82, 2.24) is 4.31 Å². The molecule has 0 aliphatic heterocycles. The fraction of sp³-hybridized carbons (Fsp3) is 0.364. The molecule has 8 heteroatoms. The minimum Gasteiger partial charge on any atom is -0.370 e. The molecule has 0 heterocycles. The number of anilines is 2. The van der Waals surface area contributed by atoms with Crippen molar-refractivity contribution in [3.8, 4) is 6.07 Å². The maximum Gasteiger partial charge on any atom is 0.255 e. The van der Waals surface area contributed by atoms with Crippen LogP contribution in [-0.4, -0.2) is 44.8 Å². The number of nitrogens with zero attached hydrogens (tertiary/aromatic N) is 3. The fourth-order valence-electron chi connectivity index (χ4n) is 3.22. The normalized spacial score (nSPS) is 11.2. The van der Waals surface area contributed by atoms with Crippen molar-refractivity contribution < 1.29 is 13.2 Å². The molecule has 7 nitrogen and oxygen atoms in total. The number of nitriles is 1. The Bertz CT molecular complexity index is 1020. The number of benzene rings is 2. The molecule has 0 spiro atoms. The predicted octanol–water partition coefficient (Wildman–Crippen LogP) is 3.69. The van der Waals surface area contributed by atoms with Crippen LogP contribution in [0.2, 0.25) is 0 Å². The first-order chi connectivity index (χ1) is 14.3. The van der Waals surface area contributed by atoms with Crippen molar-refractivity contribution in [3.05, 3.63) is 53.6 Å². The zero-order chi connectivity index (χ0) is 22.3. The maximum atomic E-state index is 13.0. The molecular formula is C22H28N4O3S. The predicted molar refractivity (Wildman–Crippen MR) is 119 cm³/mol. The van der Waals surface area contributed by atoms with Crippen LogP contribution in [0.25, 0.3) is 0 Å². The summed E-state index contributed by atoms with van der Waals surface area (Å²) in [6.07, 6.45) is 0. The summed E-state index contributed by atoms with van der Waals surface area (Å²) in [7, 11) is -3.66. The van der Waals surface area contributed by atoms with Crippen LogP contribution in [0.5, 0.6) is 0 Å². The van der Waals surface area contributed by atoms with Crippen molar-refractivity contribution in [2.24, 2.45) is 0 Å². The van der Waals surface area contributed by atoms with Crippen LogP contribution in [-0.2, 0) is 10.0 Å². The lowest BCUT2D eigenvalue weighted by Crippen LogP contribution is -2.31. The molecule has 160 valence electrons. The highest BCUT2D eigenvalue weighted by atomic mass is 32.2. The first kappa shape index (κ1) is 23.4. The monoisotopic (exact) mass is 428 g/mol. The van der Waals surface area contributed by atoms with E-state index in [4.69, 9.17) is 5.26 Å². The number of amides is 1. The van der Waals surface area contributed by atoms with Gasteiger partial charge in [0.25, 0.3) is 5.91 Å². The molecule has 0 radical (unpaired) electrons. The molecule has 1 amide bonds. The summed E-state index contributed by atoms with van der Waals surface area (Å²) >= 11 is 0. The summed E-state index contributed by atoms with van der Waals surface area (Å²) in [5, 5.41) is 11.8. The van der Waals surface area contributed by atoms with Gasteiger partial charge in [-0.2, -0.15) is 9.57 Å². The van der Waals surface area contributed by atoms with Gasteiger partial charge < -0.3 is 10.2 Å². The Morgan fingerprint density at radius 3 is 2.07 bits per heavy atom. The van der Waals surface area contributed by atoms with Crippen LogP contribution in [0.15, 0.2) is 47.4 Å². The molecule has 0 fully saturated rings. The molecule has 0 aliphatic rings. The Kier molecular flexibility index (Phi) is 7.98. The van der Waals surface area contributed by atoms with Gasteiger partial charge >= 0.3 is 0 Å². The van der Waals surface area contributed by atoms with Crippen LogP contribution >= 0.6 is 0 Å². The van der Waals surface area contributed by atoms with E-state index in [9.17, 15) is 13.2 Å². The van der Waals surface area contributed by atoms with Crippen molar-refractivity contribution >= 4 is 27.3 Å². The van der Waals surface area contributed by atoms with E-state index in [0.717, 1.165) is 5.69 Å². The van der Waals surface area contributed by atoms with Gasteiger partial charge in [0.15, 0.2) is 0 Å². The van der Waals surface area contributed by atoms with E-state index in [0.29, 0.717) is 43.0 Å². The second-order valence-electron chi connectivity index (χ2n) is 6.58. The Morgan fingerprint density at radius 2 is 1.57 bits per heavy atom. The minimum atomic E-state index is -3.66. The summed E-state index contributed by atoms with van der Waals surface area (Å²) in [6, 6.07) is 13.1. The van der Waals surface area contributed by atoms with Crippen molar-refractivity contribution in [2.45, 2.75) is 32.6 Å². The lowest BCUT2D eigenvalue weighted by atomic mass is 10.1.